The largest absolute Gasteiger partial charge is 0.375 e. The van der Waals surface area contributed by atoms with E-state index >= 15 is 0 Å². The number of fused-ring (bicyclic) bond motifs is 1. The number of ether oxygens (including phenoxy) is 1. The number of amides is 2. The zero-order valence-electron chi connectivity index (χ0n) is 12.8. The Morgan fingerprint density at radius 2 is 2.22 bits per heavy atom. The van der Waals surface area contributed by atoms with Gasteiger partial charge in [-0.15, -0.1) is 0 Å². The van der Waals surface area contributed by atoms with Gasteiger partial charge in [0, 0.05) is 32.6 Å². The van der Waals surface area contributed by atoms with E-state index in [1.165, 1.54) is 11.3 Å². The fourth-order valence-corrected chi connectivity index (χ4v) is 3.74. The van der Waals surface area contributed by atoms with Crippen LogP contribution in [0.15, 0.2) is 0 Å². The minimum absolute atomic E-state index is 0.212. The number of hydrogen-bond donors (Lipinski definition) is 1. The van der Waals surface area contributed by atoms with Gasteiger partial charge in [-0.2, -0.15) is 0 Å². The molecule has 1 aromatic heterocycles. The Bertz CT molecular complexity index is 531. The van der Waals surface area contributed by atoms with Crippen molar-refractivity contribution >= 4 is 22.5 Å². The van der Waals surface area contributed by atoms with Crippen molar-refractivity contribution in [1.82, 2.24) is 14.8 Å². The molecule has 3 heterocycles. The predicted octanol–water partition coefficient (Wildman–Crippen LogP) is 2.02. The number of thiazole rings is 1. The van der Waals surface area contributed by atoms with Crippen molar-refractivity contribution in [2.45, 2.75) is 25.9 Å². The molecule has 0 bridgehead atoms. The molecule has 128 valence electrons. The monoisotopic (exact) mass is 346 g/mol. The quantitative estimate of drug-likeness (QED) is 0.910. The Labute approximate surface area is 137 Å². The third-order valence-corrected chi connectivity index (χ3v) is 4.97. The van der Waals surface area contributed by atoms with E-state index in [2.05, 4.69) is 10.3 Å². The van der Waals surface area contributed by atoms with Crippen molar-refractivity contribution in [1.29, 1.82) is 0 Å². The topological polar surface area (TPSA) is 57.7 Å². The Hall–Kier alpha value is -1.32. The minimum atomic E-state index is -2.33. The Morgan fingerprint density at radius 1 is 1.35 bits per heavy atom. The first-order chi connectivity index (χ1) is 11.1. The number of rotatable bonds is 3. The van der Waals surface area contributed by atoms with Crippen LogP contribution in [0.1, 0.15) is 17.0 Å². The lowest BCUT2D eigenvalue weighted by Gasteiger charge is -2.21. The van der Waals surface area contributed by atoms with Crippen LogP contribution in [-0.2, 0) is 17.8 Å². The molecule has 0 atom stereocenters. The highest BCUT2D eigenvalue weighted by Gasteiger charge is 2.22. The molecule has 0 saturated carbocycles. The average molecular weight is 346 g/mol. The van der Waals surface area contributed by atoms with E-state index in [0.717, 1.165) is 17.0 Å². The van der Waals surface area contributed by atoms with Gasteiger partial charge in [0.1, 0.15) is 0 Å². The van der Waals surface area contributed by atoms with Gasteiger partial charge in [-0.3, -0.25) is 10.2 Å². The lowest BCUT2D eigenvalue weighted by Crippen LogP contribution is -2.38. The van der Waals surface area contributed by atoms with Crippen LogP contribution in [0.5, 0.6) is 0 Å². The smallest absolute Gasteiger partial charge is 0.323 e. The molecule has 0 radical (unpaired) electrons. The van der Waals surface area contributed by atoms with Gasteiger partial charge < -0.3 is 9.64 Å². The first-order valence-corrected chi connectivity index (χ1v) is 8.56. The van der Waals surface area contributed by atoms with Crippen molar-refractivity contribution < 1.29 is 18.3 Å². The van der Waals surface area contributed by atoms with Gasteiger partial charge in [-0.1, -0.05) is 11.3 Å². The van der Waals surface area contributed by atoms with Crippen molar-refractivity contribution in [2.24, 2.45) is 0 Å². The second-order valence-corrected chi connectivity index (χ2v) is 6.74. The molecule has 1 fully saturated rings. The van der Waals surface area contributed by atoms with E-state index in [-0.39, 0.29) is 12.6 Å². The van der Waals surface area contributed by atoms with Gasteiger partial charge in [0.25, 0.3) is 6.43 Å². The molecule has 1 aromatic rings. The summed E-state index contributed by atoms with van der Waals surface area (Å²) in [5.41, 5.74) is 0.996. The number of carbonyl (C=O) groups excluding carboxylic acids is 1. The molecule has 2 aliphatic heterocycles. The van der Waals surface area contributed by atoms with Crippen molar-refractivity contribution in [3.63, 3.8) is 0 Å². The summed E-state index contributed by atoms with van der Waals surface area (Å²) in [6.45, 7) is 3.07. The molecule has 9 heteroatoms. The summed E-state index contributed by atoms with van der Waals surface area (Å²) >= 11 is 1.44. The summed E-state index contributed by atoms with van der Waals surface area (Å²) in [4.78, 5) is 21.2. The summed E-state index contributed by atoms with van der Waals surface area (Å²) < 4.78 is 30.3. The lowest BCUT2D eigenvalue weighted by atomic mass is 10.2. The SMILES string of the molecule is O=C(Nc1nc2c(s1)COCC2)N1CCCN(CC(F)F)CC1. The summed E-state index contributed by atoms with van der Waals surface area (Å²) in [7, 11) is 0. The predicted molar refractivity (Wildman–Crippen MR) is 83.1 cm³/mol. The van der Waals surface area contributed by atoms with Gasteiger partial charge >= 0.3 is 6.03 Å². The number of aromatic nitrogens is 1. The van der Waals surface area contributed by atoms with Crippen LogP contribution in [0, 0.1) is 0 Å². The van der Waals surface area contributed by atoms with Crippen LogP contribution in [-0.4, -0.2) is 66.6 Å². The molecule has 1 saturated heterocycles. The van der Waals surface area contributed by atoms with Gasteiger partial charge in [0.05, 0.1) is 30.3 Å². The van der Waals surface area contributed by atoms with Crippen molar-refractivity contribution in [3.05, 3.63) is 10.6 Å². The molecule has 0 spiro atoms. The molecule has 0 unspecified atom stereocenters. The van der Waals surface area contributed by atoms with Crippen LogP contribution in [0.25, 0.3) is 0 Å². The maximum atomic E-state index is 12.5. The second kappa shape index (κ2) is 7.50. The summed E-state index contributed by atoms with van der Waals surface area (Å²) in [5.74, 6) is 0. The third kappa shape index (κ3) is 4.36. The molecule has 0 aliphatic carbocycles. The van der Waals surface area contributed by atoms with E-state index in [0.29, 0.717) is 50.9 Å². The summed E-state index contributed by atoms with van der Waals surface area (Å²) in [6, 6.07) is -0.212. The number of halogens is 2. The molecule has 0 aromatic carbocycles. The second-order valence-electron chi connectivity index (χ2n) is 5.65. The van der Waals surface area contributed by atoms with E-state index < -0.39 is 6.43 Å². The lowest BCUT2D eigenvalue weighted by molar-refractivity contribution is 0.0905. The van der Waals surface area contributed by atoms with E-state index in [1.807, 2.05) is 0 Å². The van der Waals surface area contributed by atoms with Crippen LogP contribution in [0.4, 0.5) is 18.7 Å². The molecule has 2 amide bonds. The minimum Gasteiger partial charge on any atom is -0.375 e. The highest BCUT2D eigenvalue weighted by Crippen LogP contribution is 2.27. The van der Waals surface area contributed by atoms with Gasteiger partial charge in [-0.05, 0) is 6.42 Å². The number of alkyl halides is 2. The Morgan fingerprint density at radius 3 is 3.00 bits per heavy atom. The average Bonchev–Trinajstić information content (AvgIpc) is 2.77. The molecule has 6 nitrogen and oxygen atoms in total. The number of anilines is 1. The van der Waals surface area contributed by atoms with Gasteiger partial charge in [0.15, 0.2) is 5.13 Å². The Balaban J connectivity index is 1.54. The van der Waals surface area contributed by atoms with E-state index in [1.54, 1.807) is 9.80 Å². The number of nitrogens with one attached hydrogen (secondary N) is 1. The highest BCUT2D eigenvalue weighted by molar-refractivity contribution is 7.15. The Kier molecular flexibility index (Phi) is 5.39. The molecule has 1 N–H and O–H groups in total. The van der Waals surface area contributed by atoms with Gasteiger partial charge in [-0.25, -0.2) is 18.6 Å². The number of nitrogens with zero attached hydrogens (tertiary/aromatic N) is 3. The summed E-state index contributed by atoms with van der Waals surface area (Å²) in [5, 5.41) is 3.41. The van der Waals surface area contributed by atoms with E-state index in [9.17, 15) is 13.6 Å². The fraction of sp³-hybridized carbons (Fsp3) is 0.714. The molecular formula is C14H20F2N4O2S. The number of carbonyl (C=O) groups is 1. The van der Waals surface area contributed by atoms with E-state index in [4.69, 9.17) is 4.74 Å². The maximum Gasteiger partial charge on any atom is 0.323 e. The third-order valence-electron chi connectivity index (χ3n) is 3.98. The molecule has 23 heavy (non-hydrogen) atoms. The van der Waals surface area contributed by atoms with Crippen molar-refractivity contribution in [2.75, 3.05) is 44.6 Å². The van der Waals surface area contributed by atoms with Gasteiger partial charge in [0.2, 0.25) is 0 Å². The summed E-state index contributed by atoms with van der Waals surface area (Å²) in [6.07, 6.45) is -0.865. The van der Waals surface area contributed by atoms with Crippen LogP contribution in [0.3, 0.4) is 0 Å². The van der Waals surface area contributed by atoms with Crippen LogP contribution >= 0.6 is 11.3 Å². The van der Waals surface area contributed by atoms with Crippen molar-refractivity contribution in [3.8, 4) is 0 Å². The number of hydrogen-bond acceptors (Lipinski definition) is 5. The maximum absolute atomic E-state index is 12.5. The van der Waals surface area contributed by atoms with Crippen LogP contribution < -0.4 is 5.32 Å². The fourth-order valence-electron chi connectivity index (χ4n) is 2.80. The highest BCUT2D eigenvalue weighted by atomic mass is 32.1. The zero-order valence-corrected chi connectivity index (χ0v) is 13.6. The van der Waals surface area contributed by atoms with Crippen LogP contribution in [0.2, 0.25) is 0 Å². The zero-order chi connectivity index (χ0) is 16.2. The molecule has 2 aliphatic rings. The molecule has 3 rings (SSSR count). The number of urea groups is 1. The standard InChI is InChI=1S/C14H20F2N4O2S/c15-12(16)8-19-3-1-4-20(6-5-19)14(21)18-13-17-10-2-7-22-9-11(10)23-13/h12H,1-9H2,(H,17,18,21). The normalized spacial score (nSPS) is 19.5. The molecular weight excluding hydrogens is 326 g/mol. The first-order valence-electron chi connectivity index (χ1n) is 7.74. The first kappa shape index (κ1) is 16.5.